The standard InChI is InChI=1S/C16H22FN3O4S/c1-6-12-11(7(2)21)15(22)20(12)13(16(23)24)14(6)25-10-5-19(8(3)18)4-9(10)17/h6-7,9-12,18,21H,4-5H2,1-3H3,(H,23,24)/t6?,7?,9?,10?,11?,12-/m1/s1. The van der Waals surface area contributed by atoms with Gasteiger partial charge in [0, 0.05) is 17.4 Å². The Kier molecular flexibility index (Phi) is 4.57. The lowest BCUT2D eigenvalue weighted by Gasteiger charge is -2.46. The van der Waals surface area contributed by atoms with E-state index in [2.05, 4.69) is 0 Å². The van der Waals surface area contributed by atoms with Gasteiger partial charge in [0.05, 0.1) is 35.7 Å². The molecule has 3 rings (SSSR count). The summed E-state index contributed by atoms with van der Waals surface area (Å²) in [6.45, 7) is 5.40. The first-order chi connectivity index (χ1) is 11.6. The maximum absolute atomic E-state index is 14.3. The van der Waals surface area contributed by atoms with E-state index >= 15 is 0 Å². The molecule has 0 radical (unpaired) electrons. The summed E-state index contributed by atoms with van der Waals surface area (Å²) in [5, 5.41) is 26.6. The number of likely N-dealkylation sites (tertiary alicyclic amines) is 1. The van der Waals surface area contributed by atoms with Crippen LogP contribution in [0.25, 0.3) is 0 Å². The Morgan fingerprint density at radius 1 is 1.44 bits per heavy atom. The summed E-state index contributed by atoms with van der Waals surface area (Å²) in [5.41, 5.74) is -0.0818. The van der Waals surface area contributed by atoms with Crippen LogP contribution in [0.5, 0.6) is 0 Å². The number of carbonyl (C=O) groups is 2. The second-order valence-corrected chi connectivity index (χ2v) is 8.22. The molecular weight excluding hydrogens is 349 g/mol. The summed E-state index contributed by atoms with van der Waals surface area (Å²) >= 11 is 1.16. The number of fused-ring (bicyclic) bond motifs is 1. The number of carbonyl (C=O) groups excluding carboxylic acids is 1. The highest BCUT2D eigenvalue weighted by Crippen LogP contribution is 2.52. The minimum absolute atomic E-state index is 0.0818. The van der Waals surface area contributed by atoms with Crippen LogP contribution < -0.4 is 0 Å². The molecule has 2 saturated heterocycles. The third-order valence-electron chi connectivity index (χ3n) is 5.26. The van der Waals surface area contributed by atoms with Gasteiger partial charge >= 0.3 is 5.97 Å². The maximum Gasteiger partial charge on any atom is 0.353 e. The molecule has 138 valence electrons. The zero-order chi connectivity index (χ0) is 18.6. The molecule has 3 N–H and O–H groups in total. The van der Waals surface area contributed by atoms with E-state index in [1.165, 1.54) is 11.8 Å². The number of β-lactam (4-membered cyclic amide) rings is 1. The van der Waals surface area contributed by atoms with E-state index in [1.54, 1.807) is 11.8 Å². The fraction of sp³-hybridized carbons (Fsp3) is 0.688. The van der Waals surface area contributed by atoms with Crippen molar-refractivity contribution in [2.75, 3.05) is 13.1 Å². The van der Waals surface area contributed by atoms with E-state index in [-0.39, 0.29) is 35.9 Å². The fourth-order valence-corrected chi connectivity index (χ4v) is 5.43. The predicted octanol–water partition coefficient (Wildman–Crippen LogP) is 0.893. The lowest BCUT2D eigenvalue weighted by Crippen LogP contribution is -2.63. The van der Waals surface area contributed by atoms with Crippen molar-refractivity contribution in [3.63, 3.8) is 0 Å². The quantitative estimate of drug-likeness (QED) is 0.385. The molecule has 5 unspecified atom stereocenters. The van der Waals surface area contributed by atoms with Crippen LogP contribution >= 0.6 is 11.8 Å². The van der Waals surface area contributed by atoms with Crippen LogP contribution in [0.2, 0.25) is 0 Å². The number of aliphatic hydroxyl groups is 1. The Balaban J connectivity index is 1.86. The van der Waals surface area contributed by atoms with E-state index in [4.69, 9.17) is 5.41 Å². The van der Waals surface area contributed by atoms with E-state index in [9.17, 15) is 24.2 Å². The molecule has 3 aliphatic heterocycles. The van der Waals surface area contributed by atoms with Gasteiger partial charge in [-0.3, -0.25) is 10.2 Å². The van der Waals surface area contributed by atoms with Crippen LogP contribution in [-0.4, -0.2) is 74.4 Å². The highest BCUT2D eigenvalue weighted by Gasteiger charge is 2.60. The topological polar surface area (TPSA) is 105 Å². The number of amides is 1. The molecule has 9 heteroatoms. The third kappa shape index (κ3) is 2.73. The molecule has 0 bridgehead atoms. The lowest BCUT2D eigenvalue weighted by molar-refractivity contribution is -0.163. The van der Waals surface area contributed by atoms with E-state index < -0.39 is 29.4 Å². The molecule has 2 fully saturated rings. The molecule has 6 atom stereocenters. The van der Waals surface area contributed by atoms with E-state index in [0.29, 0.717) is 11.4 Å². The summed E-state index contributed by atoms with van der Waals surface area (Å²) in [4.78, 5) is 27.4. The van der Waals surface area contributed by atoms with Crippen LogP contribution in [0.3, 0.4) is 0 Å². The number of hydrogen-bond donors (Lipinski definition) is 3. The summed E-state index contributed by atoms with van der Waals surface area (Å²) < 4.78 is 14.3. The number of halogens is 1. The molecular formula is C16H22FN3O4S. The lowest BCUT2D eigenvalue weighted by atomic mass is 9.79. The van der Waals surface area contributed by atoms with Crippen molar-refractivity contribution < 1.29 is 24.2 Å². The van der Waals surface area contributed by atoms with Gasteiger partial charge in [-0.25, -0.2) is 9.18 Å². The number of rotatable bonds is 4. The maximum atomic E-state index is 14.3. The van der Waals surface area contributed by atoms with Crippen LogP contribution in [0.15, 0.2) is 10.6 Å². The fourth-order valence-electron chi connectivity index (χ4n) is 3.96. The van der Waals surface area contributed by atoms with Crippen LogP contribution in [0.4, 0.5) is 4.39 Å². The van der Waals surface area contributed by atoms with Gasteiger partial charge in [-0.05, 0) is 13.8 Å². The number of nitrogens with one attached hydrogen (secondary N) is 1. The second-order valence-electron chi connectivity index (χ2n) is 6.93. The Morgan fingerprint density at radius 2 is 2.08 bits per heavy atom. The average Bonchev–Trinajstić information content (AvgIpc) is 2.97. The van der Waals surface area contributed by atoms with Crippen molar-refractivity contribution >= 4 is 29.5 Å². The first-order valence-corrected chi connectivity index (χ1v) is 9.12. The van der Waals surface area contributed by atoms with Crippen molar-refractivity contribution in [2.45, 2.75) is 44.3 Å². The van der Waals surface area contributed by atoms with Crippen molar-refractivity contribution in [3.8, 4) is 0 Å². The van der Waals surface area contributed by atoms with Crippen LogP contribution in [0.1, 0.15) is 20.8 Å². The number of carboxylic acids is 1. The average molecular weight is 371 g/mol. The van der Waals surface area contributed by atoms with Gasteiger partial charge in [0.25, 0.3) is 0 Å². The predicted molar refractivity (Wildman–Crippen MR) is 90.9 cm³/mol. The number of hydrogen-bond acceptors (Lipinski definition) is 5. The highest BCUT2D eigenvalue weighted by molar-refractivity contribution is 8.03. The zero-order valence-corrected chi connectivity index (χ0v) is 15.1. The van der Waals surface area contributed by atoms with E-state index in [0.717, 1.165) is 11.8 Å². The SMILES string of the molecule is CC(=N)N1CC(F)C(SC2=C(C(=O)O)N3C(=O)C(C(C)O)[C@H]3C2C)C1. The Labute approximate surface area is 149 Å². The Hall–Kier alpha value is -1.61. The molecule has 0 aliphatic carbocycles. The van der Waals surface area contributed by atoms with Gasteiger partial charge in [-0.15, -0.1) is 11.8 Å². The molecule has 25 heavy (non-hydrogen) atoms. The molecule has 1 amide bonds. The number of amidine groups is 1. The number of carboxylic acid groups (broad SMARTS) is 1. The van der Waals surface area contributed by atoms with Gasteiger partial charge in [0.2, 0.25) is 5.91 Å². The zero-order valence-electron chi connectivity index (χ0n) is 14.3. The summed E-state index contributed by atoms with van der Waals surface area (Å²) in [5.74, 6) is -2.20. The molecule has 7 nitrogen and oxygen atoms in total. The van der Waals surface area contributed by atoms with Crippen molar-refractivity contribution in [3.05, 3.63) is 10.6 Å². The molecule has 0 saturated carbocycles. The normalized spacial score (nSPS) is 35.7. The number of thioether (sulfide) groups is 1. The van der Waals surface area contributed by atoms with Crippen LogP contribution in [0, 0.1) is 17.2 Å². The Bertz CT molecular complexity index is 668. The third-order valence-corrected chi connectivity index (χ3v) is 6.83. The van der Waals surface area contributed by atoms with Crippen molar-refractivity contribution in [1.29, 1.82) is 5.41 Å². The number of nitrogens with zero attached hydrogens (tertiary/aromatic N) is 2. The monoisotopic (exact) mass is 371 g/mol. The number of aliphatic carboxylic acids is 1. The summed E-state index contributed by atoms with van der Waals surface area (Å²) in [7, 11) is 0. The minimum Gasteiger partial charge on any atom is -0.477 e. The molecule has 0 aromatic carbocycles. The molecule has 0 aromatic rings. The second kappa shape index (κ2) is 6.28. The van der Waals surface area contributed by atoms with E-state index in [1.807, 2.05) is 6.92 Å². The summed E-state index contributed by atoms with van der Waals surface area (Å²) in [6, 6.07) is -0.388. The summed E-state index contributed by atoms with van der Waals surface area (Å²) in [6.07, 6.45) is -2.02. The largest absolute Gasteiger partial charge is 0.477 e. The highest BCUT2D eigenvalue weighted by atomic mass is 32.2. The first kappa shape index (κ1) is 18.2. The first-order valence-electron chi connectivity index (χ1n) is 8.24. The van der Waals surface area contributed by atoms with Gasteiger partial charge in [-0.1, -0.05) is 6.92 Å². The molecule has 3 heterocycles. The Morgan fingerprint density at radius 3 is 2.56 bits per heavy atom. The van der Waals surface area contributed by atoms with Gasteiger partial charge in [-0.2, -0.15) is 0 Å². The van der Waals surface area contributed by atoms with Crippen molar-refractivity contribution in [1.82, 2.24) is 9.80 Å². The molecule has 3 aliphatic rings. The number of aliphatic hydroxyl groups excluding tert-OH is 1. The minimum atomic E-state index is -1.21. The van der Waals surface area contributed by atoms with Gasteiger partial charge < -0.3 is 20.0 Å². The van der Waals surface area contributed by atoms with Gasteiger partial charge in [0.15, 0.2) is 0 Å². The van der Waals surface area contributed by atoms with Crippen LogP contribution in [-0.2, 0) is 9.59 Å². The van der Waals surface area contributed by atoms with Crippen molar-refractivity contribution in [2.24, 2.45) is 11.8 Å². The molecule has 0 aromatic heterocycles. The smallest absolute Gasteiger partial charge is 0.353 e. The molecule has 0 spiro atoms. The van der Waals surface area contributed by atoms with Gasteiger partial charge in [0.1, 0.15) is 11.9 Å². The number of alkyl halides is 1.